The van der Waals surface area contributed by atoms with E-state index in [1.54, 1.807) is 17.1 Å². The highest BCUT2D eigenvalue weighted by Crippen LogP contribution is 2.20. The van der Waals surface area contributed by atoms with Gasteiger partial charge in [-0.05, 0) is 19.1 Å². The van der Waals surface area contributed by atoms with E-state index in [0.717, 1.165) is 18.3 Å². The number of fused-ring (bicyclic) bond motifs is 1. The lowest BCUT2D eigenvalue weighted by molar-refractivity contribution is 0.0696. The Bertz CT molecular complexity index is 822. The van der Waals surface area contributed by atoms with E-state index in [-0.39, 0.29) is 11.1 Å². The lowest BCUT2D eigenvalue weighted by Gasteiger charge is -2.07. The van der Waals surface area contributed by atoms with Crippen LogP contribution < -0.4 is 0 Å². The second-order valence-electron chi connectivity index (χ2n) is 4.67. The number of aromatic nitrogens is 4. The highest BCUT2D eigenvalue weighted by molar-refractivity contribution is 5.92. The lowest BCUT2D eigenvalue weighted by Crippen LogP contribution is -2.06. The zero-order chi connectivity index (χ0) is 15.0. The molecule has 0 bridgehead atoms. The van der Waals surface area contributed by atoms with E-state index >= 15 is 0 Å². The monoisotopic (exact) mass is 288 g/mol. The molecule has 2 aromatic heterocycles. The summed E-state index contributed by atoms with van der Waals surface area (Å²) in [5.74, 6) is -1.80. The first-order valence-corrected chi connectivity index (χ1v) is 6.47. The van der Waals surface area contributed by atoms with Crippen LogP contribution in [0.2, 0.25) is 0 Å². The Labute approximate surface area is 119 Å². The minimum atomic E-state index is -1.16. The summed E-state index contributed by atoms with van der Waals surface area (Å²) in [6, 6.07) is 2.42. The molecular formula is C14H13FN4O2. The molecule has 0 radical (unpaired) electrons. The Kier molecular flexibility index (Phi) is 3.17. The highest BCUT2D eigenvalue weighted by Gasteiger charge is 2.14. The number of carboxylic acid groups (broad SMARTS) is 1. The molecule has 0 saturated carbocycles. The summed E-state index contributed by atoms with van der Waals surface area (Å²) in [7, 11) is 0. The molecule has 3 aromatic rings. The van der Waals surface area contributed by atoms with E-state index in [4.69, 9.17) is 5.11 Å². The number of benzene rings is 1. The third-order valence-corrected chi connectivity index (χ3v) is 3.40. The topological polar surface area (TPSA) is 72.9 Å². The van der Waals surface area contributed by atoms with Gasteiger partial charge in [-0.15, -0.1) is 0 Å². The molecule has 0 atom stereocenters. The maximum Gasteiger partial charge on any atom is 0.335 e. The molecule has 21 heavy (non-hydrogen) atoms. The fourth-order valence-electron chi connectivity index (χ4n) is 2.31. The fourth-order valence-corrected chi connectivity index (χ4v) is 2.31. The minimum absolute atomic E-state index is 0.0919. The average molecular weight is 288 g/mol. The van der Waals surface area contributed by atoms with Crippen molar-refractivity contribution >= 4 is 17.0 Å². The molecule has 2 heterocycles. The average Bonchev–Trinajstić information content (AvgIpc) is 3.06. The molecular weight excluding hydrogens is 275 g/mol. The van der Waals surface area contributed by atoms with Gasteiger partial charge >= 0.3 is 5.97 Å². The maximum atomic E-state index is 13.9. The van der Waals surface area contributed by atoms with Crippen molar-refractivity contribution in [3.05, 3.63) is 48.1 Å². The van der Waals surface area contributed by atoms with Crippen molar-refractivity contribution in [1.82, 2.24) is 19.1 Å². The first-order chi connectivity index (χ1) is 10.1. The first kappa shape index (κ1) is 13.3. The summed E-state index contributed by atoms with van der Waals surface area (Å²) in [6.07, 6.45) is 4.96. The zero-order valence-electron chi connectivity index (χ0n) is 11.3. The van der Waals surface area contributed by atoms with Crippen LogP contribution in [0.3, 0.4) is 0 Å². The number of halogens is 1. The van der Waals surface area contributed by atoms with Crippen LogP contribution in [-0.2, 0) is 13.1 Å². The van der Waals surface area contributed by atoms with Gasteiger partial charge in [0, 0.05) is 12.7 Å². The van der Waals surface area contributed by atoms with Crippen molar-refractivity contribution in [2.24, 2.45) is 0 Å². The normalized spacial score (nSPS) is 11.1. The molecule has 0 aliphatic heterocycles. The first-order valence-electron chi connectivity index (χ1n) is 6.47. The van der Waals surface area contributed by atoms with Gasteiger partial charge in [0.15, 0.2) is 5.82 Å². The summed E-state index contributed by atoms with van der Waals surface area (Å²) < 4.78 is 17.6. The van der Waals surface area contributed by atoms with Crippen LogP contribution in [-0.4, -0.2) is 30.2 Å². The molecule has 0 aliphatic rings. The van der Waals surface area contributed by atoms with Crippen molar-refractivity contribution in [3.63, 3.8) is 0 Å². The predicted molar refractivity (Wildman–Crippen MR) is 73.7 cm³/mol. The number of aryl methyl sites for hydroxylation is 1. The molecule has 108 valence electrons. The number of aromatic carboxylic acids is 1. The van der Waals surface area contributed by atoms with Gasteiger partial charge in [-0.25, -0.2) is 19.2 Å². The molecule has 0 saturated heterocycles. The van der Waals surface area contributed by atoms with Crippen LogP contribution in [0.5, 0.6) is 0 Å². The number of hydrogen-bond acceptors (Lipinski definition) is 3. The zero-order valence-corrected chi connectivity index (χ0v) is 11.3. The number of carboxylic acids is 1. The van der Waals surface area contributed by atoms with Crippen LogP contribution >= 0.6 is 0 Å². The van der Waals surface area contributed by atoms with Gasteiger partial charge in [0.05, 0.1) is 36.0 Å². The van der Waals surface area contributed by atoms with E-state index in [9.17, 15) is 9.18 Å². The second-order valence-corrected chi connectivity index (χ2v) is 4.67. The van der Waals surface area contributed by atoms with Gasteiger partial charge in [0.1, 0.15) is 5.52 Å². The van der Waals surface area contributed by atoms with E-state index in [1.165, 1.54) is 12.4 Å². The van der Waals surface area contributed by atoms with Crippen LogP contribution in [0, 0.1) is 5.82 Å². The molecule has 1 aromatic carbocycles. The summed E-state index contributed by atoms with van der Waals surface area (Å²) in [4.78, 5) is 19.1. The van der Waals surface area contributed by atoms with E-state index in [2.05, 4.69) is 9.97 Å². The molecule has 0 unspecified atom stereocenters. The smallest absolute Gasteiger partial charge is 0.335 e. The van der Waals surface area contributed by atoms with Gasteiger partial charge < -0.3 is 14.2 Å². The Morgan fingerprint density at radius 1 is 1.33 bits per heavy atom. The summed E-state index contributed by atoms with van der Waals surface area (Å²) in [5.41, 5.74) is 1.47. The third-order valence-electron chi connectivity index (χ3n) is 3.40. The van der Waals surface area contributed by atoms with Crippen molar-refractivity contribution in [3.8, 4) is 0 Å². The molecule has 0 amide bonds. The Morgan fingerprint density at radius 2 is 2.14 bits per heavy atom. The Hall–Kier alpha value is -2.70. The van der Waals surface area contributed by atoms with Crippen molar-refractivity contribution in [1.29, 1.82) is 0 Å². The maximum absolute atomic E-state index is 13.9. The molecule has 0 spiro atoms. The minimum Gasteiger partial charge on any atom is -0.478 e. The van der Waals surface area contributed by atoms with Crippen LogP contribution in [0.15, 0.2) is 31.0 Å². The largest absolute Gasteiger partial charge is 0.478 e. The summed E-state index contributed by atoms with van der Waals surface area (Å²) in [6.45, 7) is 3.23. The van der Waals surface area contributed by atoms with E-state index < -0.39 is 11.8 Å². The molecule has 0 fully saturated rings. The molecule has 0 aliphatic carbocycles. The second kappa shape index (κ2) is 5.01. The number of hydrogen-bond donors (Lipinski definition) is 1. The van der Waals surface area contributed by atoms with Crippen LogP contribution in [0.4, 0.5) is 4.39 Å². The number of imidazole rings is 2. The third kappa shape index (κ3) is 2.26. The van der Waals surface area contributed by atoms with Crippen LogP contribution in [0.25, 0.3) is 11.0 Å². The standard InChI is InChI=1S/C14H13FN4O2/c1-2-18-7-16-5-10(18)6-19-8-17-13-11(15)3-9(14(20)21)4-12(13)19/h3-5,7-8H,2,6H2,1H3,(H,20,21). The SMILES string of the molecule is CCn1cncc1Cn1cnc2c(F)cc(C(=O)O)cc21. The predicted octanol–water partition coefficient (Wildman–Crippen LogP) is 2.14. The van der Waals surface area contributed by atoms with Gasteiger partial charge in [-0.3, -0.25) is 0 Å². The Morgan fingerprint density at radius 3 is 2.86 bits per heavy atom. The summed E-state index contributed by atoms with van der Waals surface area (Å²) in [5, 5.41) is 9.03. The highest BCUT2D eigenvalue weighted by atomic mass is 19.1. The van der Waals surface area contributed by atoms with E-state index in [0.29, 0.717) is 12.1 Å². The number of carbonyl (C=O) groups is 1. The molecule has 6 nitrogen and oxygen atoms in total. The Balaban J connectivity index is 2.09. The van der Waals surface area contributed by atoms with Gasteiger partial charge in [-0.2, -0.15) is 0 Å². The van der Waals surface area contributed by atoms with Crippen molar-refractivity contribution in [2.75, 3.05) is 0 Å². The number of rotatable bonds is 4. The van der Waals surface area contributed by atoms with Gasteiger partial charge in [0.2, 0.25) is 0 Å². The van der Waals surface area contributed by atoms with Crippen molar-refractivity contribution in [2.45, 2.75) is 20.0 Å². The lowest BCUT2D eigenvalue weighted by atomic mass is 10.2. The number of nitrogens with zero attached hydrogens (tertiary/aromatic N) is 4. The van der Waals surface area contributed by atoms with Crippen LogP contribution in [0.1, 0.15) is 23.0 Å². The van der Waals surface area contributed by atoms with Gasteiger partial charge in [-0.1, -0.05) is 0 Å². The summed E-state index contributed by atoms with van der Waals surface area (Å²) >= 11 is 0. The quantitative estimate of drug-likeness (QED) is 0.798. The van der Waals surface area contributed by atoms with E-state index in [1.807, 2.05) is 11.5 Å². The molecule has 7 heteroatoms. The molecule has 3 rings (SSSR count). The van der Waals surface area contributed by atoms with Crippen molar-refractivity contribution < 1.29 is 14.3 Å². The fraction of sp³-hybridized carbons (Fsp3) is 0.214. The van der Waals surface area contributed by atoms with Gasteiger partial charge in [0.25, 0.3) is 0 Å². The molecule has 1 N–H and O–H groups in total.